The Kier molecular flexibility index (Phi) is 5.03. The topological polar surface area (TPSA) is 66.7 Å². The molecule has 3 heterocycles. The first-order chi connectivity index (χ1) is 15.1. The maximum Gasteiger partial charge on any atom is 0.257 e. The second kappa shape index (κ2) is 8.00. The number of hydrogen-bond donors (Lipinski definition) is 0. The van der Waals surface area contributed by atoms with Gasteiger partial charge in [-0.2, -0.15) is 0 Å². The van der Waals surface area contributed by atoms with Crippen molar-refractivity contribution in [2.24, 2.45) is 0 Å². The van der Waals surface area contributed by atoms with E-state index >= 15 is 0 Å². The molecule has 4 aromatic rings. The fourth-order valence-electron chi connectivity index (χ4n) is 3.99. The van der Waals surface area contributed by atoms with Crippen molar-refractivity contribution in [3.8, 4) is 11.3 Å². The van der Waals surface area contributed by atoms with Crippen molar-refractivity contribution < 1.29 is 9.21 Å². The van der Waals surface area contributed by atoms with Gasteiger partial charge in [-0.15, -0.1) is 11.3 Å². The molecule has 0 spiro atoms. The number of thiazole rings is 1. The first kappa shape index (κ1) is 19.5. The van der Waals surface area contributed by atoms with Gasteiger partial charge < -0.3 is 14.2 Å². The van der Waals surface area contributed by atoms with Crippen LogP contribution in [0.3, 0.4) is 0 Å². The smallest absolute Gasteiger partial charge is 0.257 e. The predicted molar refractivity (Wildman–Crippen MR) is 123 cm³/mol. The molecule has 1 saturated heterocycles. The van der Waals surface area contributed by atoms with Crippen molar-refractivity contribution in [1.82, 2.24) is 9.88 Å². The second-order valence-electron chi connectivity index (χ2n) is 7.53. The largest absolute Gasteiger partial charge is 0.455 e. The van der Waals surface area contributed by atoms with Gasteiger partial charge in [0.15, 0.2) is 16.1 Å². The zero-order valence-electron chi connectivity index (χ0n) is 17.1. The molecular weight excluding hydrogens is 410 g/mol. The number of benzene rings is 2. The Morgan fingerprint density at radius 3 is 2.52 bits per heavy atom. The highest BCUT2D eigenvalue weighted by molar-refractivity contribution is 7.13. The lowest BCUT2D eigenvalue weighted by atomic mass is 10.0. The zero-order chi connectivity index (χ0) is 21.4. The van der Waals surface area contributed by atoms with Crippen molar-refractivity contribution in [3.63, 3.8) is 0 Å². The summed E-state index contributed by atoms with van der Waals surface area (Å²) in [5.74, 6) is 0.391. The van der Waals surface area contributed by atoms with E-state index < -0.39 is 0 Å². The van der Waals surface area contributed by atoms with Crippen molar-refractivity contribution >= 4 is 33.3 Å². The quantitative estimate of drug-likeness (QED) is 0.487. The van der Waals surface area contributed by atoms with Crippen LogP contribution in [0.25, 0.3) is 22.3 Å². The van der Waals surface area contributed by atoms with Gasteiger partial charge in [0.2, 0.25) is 0 Å². The Bertz CT molecular complexity index is 1290. The number of carbonyl (C=O) groups excluding carboxylic acids is 1. The molecule has 2 aromatic heterocycles. The number of hydrogen-bond acceptors (Lipinski definition) is 6. The lowest BCUT2D eigenvalue weighted by molar-refractivity contribution is 0.0747. The maximum absolute atomic E-state index is 13.4. The second-order valence-corrected chi connectivity index (χ2v) is 8.40. The number of aromatic nitrogens is 1. The monoisotopic (exact) mass is 431 g/mol. The number of piperazine rings is 1. The normalized spacial score (nSPS) is 14.2. The Balaban J connectivity index is 1.51. The van der Waals surface area contributed by atoms with Crippen LogP contribution in [0.2, 0.25) is 0 Å². The van der Waals surface area contributed by atoms with Gasteiger partial charge in [-0.25, -0.2) is 4.98 Å². The third-order valence-electron chi connectivity index (χ3n) is 5.67. The number of rotatable bonds is 3. The third kappa shape index (κ3) is 3.51. The lowest BCUT2D eigenvalue weighted by Crippen LogP contribution is -2.48. The van der Waals surface area contributed by atoms with E-state index in [0.29, 0.717) is 40.9 Å². The summed E-state index contributed by atoms with van der Waals surface area (Å²) in [6, 6.07) is 14.7. The molecule has 2 aromatic carbocycles. The van der Waals surface area contributed by atoms with Crippen molar-refractivity contribution in [1.29, 1.82) is 0 Å². The summed E-state index contributed by atoms with van der Waals surface area (Å²) in [5.41, 5.74) is 2.03. The van der Waals surface area contributed by atoms with E-state index in [0.717, 1.165) is 23.8 Å². The number of nitrogens with zero attached hydrogens (tertiary/aromatic N) is 3. The van der Waals surface area contributed by atoms with Gasteiger partial charge in [0, 0.05) is 48.9 Å². The molecule has 0 saturated carbocycles. The van der Waals surface area contributed by atoms with E-state index in [9.17, 15) is 9.59 Å². The van der Waals surface area contributed by atoms with E-state index in [1.165, 1.54) is 0 Å². The molecule has 0 aliphatic carbocycles. The van der Waals surface area contributed by atoms with Crippen LogP contribution in [0.15, 0.2) is 69.3 Å². The fraction of sp³-hybridized carbons (Fsp3) is 0.208. The van der Waals surface area contributed by atoms with Crippen molar-refractivity contribution in [3.05, 3.63) is 81.5 Å². The van der Waals surface area contributed by atoms with Crippen LogP contribution in [-0.2, 0) is 0 Å². The highest BCUT2D eigenvalue weighted by Crippen LogP contribution is 2.28. The predicted octanol–water partition coefficient (Wildman–Crippen LogP) is 4.19. The minimum atomic E-state index is -0.115. The number of anilines is 1. The van der Waals surface area contributed by atoms with Crippen LogP contribution in [0.4, 0.5) is 5.13 Å². The maximum atomic E-state index is 13.4. The molecule has 1 aliphatic heterocycles. The summed E-state index contributed by atoms with van der Waals surface area (Å²) >= 11 is 1.60. The van der Waals surface area contributed by atoms with Gasteiger partial charge in [-0.1, -0.05) is 36.4 Å². The van der Waals surface area contributed by atoms with E-state index in [4.69, 9.17) is 4.42 Å². The molecule has 0 N–H and O–H groups in total. The van der Waals surface area contributed by atoms with Crippen LogP contribution in [0, 0.1) is 6.92 Å². The summed E-state index contributed by atoms with van der Waals surface area (Å²) in [4.78, 5) is 34.8. The average Bonchev–Trinajstić information content (AvgIpc) is 3.36. The highest BCUT2D eigenvalue weighted by atomic mass is 32.1. The minimum Gasteiger partial charge on any atom is -0.455 e. The van der Waals surface area contributed by atoms with E-state index in [2.05, 4.69) is 9.88 Å². The van der Waals surface area contributed by atoms with Gasteiger partial charge in [0.05, 0.1) is 10.9 Å². The summed E-state index contributed by atoms with van der Waals surface area (Å²) in [5, 5.41) is 3.37. The van der Waals surface area contributed by atoms with Crippen molar-refractivity contribution in [2.75, 3.05) is 31.1 Å². The summed E-state index contributed by atoms with van der Waals surface area (Å²) in [6.07, 6.45) is 1.79. The Labute approximate surface area is 183 Å². The van der Waals surface area contributed by atoms with Gasteiger partial charge in [-0.05, 0) is 19.1 Å². The molecule has 0 radical (unpaired) electrons. The molecular formula is C24H21N3O3S. The van der Waals surface area contributed by atoms with Gasteiger partial charge in [0.1, 0.15) is 5.76 Å². The molecule has 6 nitrogen and oxygen atoms in total. The first-order valence-corrected chi connectivity index (χ1v) is 11.1. The number of amides is 1. The number of fused-ring (bicyclic) bond motifs is 1. The minimum absolute atomic E-state index is 0.108. The molecule has 31 heavy (non-hydrogen) atoms. The molecule has 156 valence electrons. The van der Waals surface area contributed by atoms with E-state index in [1.807, 2.05) is 40.6 Å². The average molecular weight is 432 g/mol. The van der Waals surface area contributed by atoms with E-state index in [-0.39, 0.29) is 11.3 Å². The Morgan fingerprint density at radius 1 is 1.03 bits per heavy atom. The lowest BCUT2D eigenvalue weighted by Gasteiger charge is -2.34. The van der Waals surface area contributed by atoms with Gasteiger partial charge >= 0.3 is 0 Å². The number of para-hydroxylation sites is 1. The Hall–Kier alpha value is -3.45. The van der Waals surface area contributed by atoms with Crippen LogP contribution in [0.5, 0.6) is 0 Å². The van der Waals surface area contributed by atoms with Gasteiger partial charge in [0.25, 0.3) is 5.91 Å². The SMILES string of the molecule is Cc1c(-c2ccccc2)oc2c(C(=O)N3CCN(c4nccs4)CC3)cccc2c1=O. The van der Waals surface area contributed by atoms with E-state index in [1.54, 1.807) is 42.7 Å². The summed E-state index contributed by atoms with van der Waals surface area (Å²) in [7, 11) is 0. The molecule has 5 rings (SSSR count). The molecule has 1 fully saturated rings. The zero-order valence-corrected chi connectivity index (χ0v) is 17.9. The molecule has 1 amide bonds. The third-order valence-corrected chi connectivity index (χ3v) is 6.50. The molecule has 1 aliphatic rings. The molecule has 0 bridgehead atoms. The standard InChI is InChI=1S/C24H21N3O3S/c1-16-20(28)18-8-5-9-19(22(18)30-21(16)17-6-3-2-4-7-17)23(29)26-11-13-27(14-12-26)24-25-10-15-31-24/h2-10,15H,11-14H2,1H3. The van der Waals surface area contributed by atoms with Gasteiger partial charge in [-0.3, -0.25) is 9.59 Å². The molecule has 0 unspecified atom stereocenters. The van der Waals surface area contributed by atoms with Crippen LogP contribution >= 0.6 is 11.3 Å². The summed E-state index contributed by atoms with van der Waals surface area (Å²) < 4.78 is 6.22. The Morgan fingerprint density at radius 2 is 1.81 bits per heavy atom. The molecule has 0 atom stereocenters. The van der Waals surface area contributed by atoms with Crippen molar-refractivity contribution in [2.45, 2.75) is 6.92 Å². The van der Waals surface area contributed by atoms with Crippen LogP contribution in [0.1, 0.15) is 15.9 Å². The first-order valence-electron chi connectivity index (χ1n) is 10.2. The molecule has 7 heteroatoms. The van der Waals surface area contributed by atoms with Crippen LogP contribution < -0.4 is 10.3 Å². The van der Waals surface area contributed by atoms with Crippen LogP contribution in [-0.4, -0.2) is 42.0 Å². The highest BCUT2D eigenvalue weighted by Gasteiger charge is 2.26. The summed E-state index contributed by atoms with van der Waals surface area (Å²) in [6.45, 7) is 4.40. The number of carbonyl (C=O) groups is 1. The fourth-order valence-corrected chi connectivity index (χ4v) is 4.68.